The fraction of sp³-hybridized carbons (Fsp3) is 0.714. The Morgan fingerprint density at radius 3 is 2.00 bits per heavy atom. The van der Waals surface area contributed by atoms with E-state index in [2.05, 4.69) is 17.9 Å². The first kappa shape index (κ1) is 9.69. The lowest BCUT2D eigenvalue weighted by atomic mass is 10.8. The Labute approximate surface area is 66.2 Å². The van der Waals surface area contributed by atoms with Crippen molar-refractivity contribution in [2.45, 2.75) is 0 Å². The summed E-state index contributed by atoms with van der Waals surface area (Å²) in [7, 11) is 5.95. The van der Waals surface area contributed by atoms with E-state index in [0.29, 0.717) is 10.9 Å². The van der Waals surface area contributed by atoms with E-state index in [1.165, 1.54) is 0 Å². The molecular weight excluding hydrogens is 146 g/mol. The topological polar surface area (TPSA) is 12.5 Å². The Morgan fingerprint density at radius 1 is 1.40 bits per heavy atom. The summed E-state index contributed by atoms with van der Waals surface area (Å²) < 4.78 is 5.12. The van der Waals surface area contributed by atoms with Gasteiger partial charge in [0.05, 0.1) is 7.11 Å². The van der Waals surface area contributed by atoms with Crippen LogP contribution in [0.3, 0.4) is 0 Å². The van der Waals surface area contributed by atoms with Crippen molar-refractivity contribution in [1.82, 2.24) is 4.90 Å². The van der Waals surface area contributed by atoms with Gasteiger partial charge in [-0.1, -0.05) is 0 Å². The lowest BCUT2D eigenvalue weighted by Crippen LogP contribution is -2.13. The van der Waals surface area contributed by atoms with Crippen LogP contribution in [0.15, 0.2) is 11.3 Å². The lowest BCUT2D eigenvalue weighted by molar-refractivity contribution is 0.195. The van der Waals surface area contributed by atoms with Crippen LogP contribution in [-0.2, 0) is 15.6 Å². The van der Waals surface area contributed by atoms with Gasteiger partial charge in [-0.15, -0.1) is 0 Å². The molecule has 0 saturated carbocycles. The van der Waals surface area contributed by atoms with Crippen LogP contribution in [-0.4, -0.2) is 38.6 Å². The minimum absolute atomic E-state index is 0.305. The smallest absolute Gasteiger partial charge is 0.237 e. The first-order valence-corrected chi connectivity index (χ1v) is 5.18. The van der Waals surface area contributed by atoms with Crippen molar-refractivity contribution in [2.24, 2.45) is 0 Å². The van der Waals surface area contributed by atoms with E-state index in [4.69, 9.17) is 4.74 Å². The zero-order valence-corrected chi connectivity index (χ0v) is 8.16. The maximum Gasteiger partial charge on any atom is 0.237 e. The van der Waals surface area contributed by atoms with Gasteiger partial charge in [0, 0.05) is 25.0 Å². The monoisotopic (exact) mass is 162 g/mol. The molecule has 0 fully saturated rings. The summed E-state index contributed by atoms with van der Waals surface area (Å²) in [6.07, 6.45) is 4.31. The Balaban J connectivity index is 4.04. The molecule has 0 aromatic carbocycles. The van der Waals surface area contributed by atoms with E-state index < -0.39 is 0 Å². The van der Waals surface area contributed by atoms with Gasteiger partial charge in [-0.3, -0.25) is 0 Å². The van der Waals surface area contributed by atoms with E-state index in [1.807, 2.05) is 19.0 Å². The highest BCUT2D eigenvalue weighted by Gasteiger charge is 2.04. The molecule has 0 saturated heterocycles. The first-order valence-electron chi connectivity index (χ1n) is 3.07. The average Bonchev–Trinajstić information content (AvgIpc) is 1.81. The van der Waals surface area contributed by atoms with Crippen molar-refractivity contribution in [3.05, 3.63) is 11.3 Å². The highest BCUT2D eigenvalue weighted by atomic mass is 32.2. The SMILES string of the molecule is CO/C(=C\[S+](C)C)N(C)C. The predicted molar refractivity (Wildman–Crippen MR) is 48.0 cm³/mol. The average molecular weight is 162 g/mol. The molecule has 0 aliphatic heterocycles. The van der Waals surface area contributed by atoms with Gasteiger partial charge in [0.1, 0.15) is 12.5 Å². The summed E-state index contributed by atoms with van der Waals surface area (Å²) in [6.45, 7) is 0. The number of hydrogen-bond donors (Lipinski definition) is 0. The molecule has 0 radical (unpaired) electrons. The van der Waals surface area contributed by atoms with Crippen molar-refractivity contribution in [1.29, 1.82) is 0 Å². The second kappa shape index (κ2) is 4.50. The molecule has 0 heterocycles. The molecule has 0 bridgehead atoms. The van der Waals surface area contributed by atoms with Crippen molar-refractivity contribution in [2.75, 3.05) is 33.7 Å². The molecule has 0 atom stereocenters. The molecule has 60 valence electrons. The van der Waals surface area contributed by atoms with Crippen LogP contribution in [0.25, 0.3) is 0 Å². The van der Waals surface area contributed by atoms with Crippen molar-refractivity contribution in [3.8, 4) is 0 Å². The third-order valence-electron chi connectivity index (χ3n) is 0.986. The second-order valence-electron chi connectivity index (χ2n) is 2.43. The van der Waals surface area contributed by atoms with E-state index in [-0.39, 0.29) is 0 Å². The maximum absolute atomic E-state index is 5.12. The number of nitrogens with zero attached hydrogens (tertiary/aromatic N) is 1. The fourth-order valence-electron chi connectivity index (χ4n) is 0.538. The van der Waals surface area contributed by atoms with Crippen molar-refractivity contribution >= 4 is 10.9 Å². The van der Waals surface area contributed by atoms with Crippen LogP contribution in [0.2, 0.25) is 0 Å². The van der Waals surface area contributed by atoms with E-state index in [9.17, 15) is 0 Å². The van der Waals surface area contributed by atoms with Gasteiger partial charge in [-0.05, 0) is 0 Å². The summed E-state index contributed by atoms with van der Waals surface area (Å²) in [5, 5.41) is 2.11. The number of rotatable bonds is 3. The summed E-state index contributed by atoms with van der Waals surface area (Å²) in [5.41, 5.74) is 0. The molecule has 0 aliphatic carbocycles. The van der Waals surface area contributed by atoms with Crippen molar-refractivity contribution in [3.63, 3.8) is 0 Å². The summed E-state index contributed by atoms with van der Waals surface area (Å²) in [5.74, 6) is 0.938. The largest absolute Gasteiger partial charge is 0.479 e. The van der Waals surface area contributed by atoms with Crippen LogP contribution >= 0.6 is 0 Å². The highest BCUT2D eigenvalue weighted by molar-refractivity contribution is 7.98. The first-order chi connectivity index (χ1) is 4.57. The van der Waals surface area contributed by atoms with Gasteiger partial charge < -0.3 is 9.64 Å². The molecule has 0 aromatic rings. The predicted octanol–water partition coefficient (Wildman–Crippen LogP) is 0.871. The van der Waals surface area contributed by atoms with Gasteiger partial charge >= 0.3 is 0 Å². The zero-order chi connectivity index (χ0) is 8.15. The van der Waals surface area contributed by atoms with Crippen LogP contribution in [0, 0.1) is 0 Å². The van der Waals surface area contributed by atoms with Crippen LogP contribution in [0.4, 0.5) is 0 Å². The maximum atomic E-state index is 5.12. The van der Waals surface area contributed by atoms with Crippen molar-refractivity contribution < 1.29 is 4.74 Å². The zero-order valence-electron chi connectivity index (χ0n) is 7.34. The number of methoxy groups -OCH3 is 1. The van der Waals surface area contributed by atoms with E-state index >= 15 is 0 Å². The molecule has 10 heavy (non-hydrogen) atoms. The summed E-state index contributed by atoms with van der Waals surface area (Å²) in [6, 6.07) is 0. The Hall–Kier alpha value is -0.310. The van der Waals surface area contributed by atoms with E-state index in [0.717, 1.165) is 5.88 Å². The Morgan fingerprint density at radius 2 is 1.90 bits per heavy atom. The van der Waals surface area contributed by atoms with Crippen LogP contribution < -0.4 is 0 Å². The van der Waals surface area contributed by atoms with Gasteiger partial charge in [0.25, 0.3) is 0 Å². The number of ether oxygens (including phenoxy) is 1. The molecule has 0 unspecified atom stereocenters. The lowest BCUT2D eigenvalue weighted by Gasteiger charge is -2.12. The summed E-state index contributed by atoms with van der Waals surface area (Å²) >= 11 is 0. The molecule has 0 N–H and O–H groups in total. The van der Waals surface area contributed by atoms with Gasteiger partial charge in [0.2, 0.25) is 5.88 Å². The second-order valence-corrected chi connectivity index (χ2v) is 4.43. The molecule has 0 aromatic heterocycles. The quantitative estimate of drug-likeness (QED) is 0.451. The normalized spacial score (nSPS) is 12.0. The molecule has 0 rings (SSSR count). The highest BCUT2D eigenvalue weighted by Crippen LogP contribution is 2.01. The minimum atomic E-state index is 0.305. The summed E-state index contributed by atoms with van der Waals surface area (Å²) in [4.78, 5) is 1.97. The van der Waals surface area contributed by atoms with Crippen LogP contribution in [0.1, 0.15) is 0 Å². The van der Waals surface area contributed by atoms with Gasteiger partial charge in [0.15, 0.2) is 5.41 Å². The number of hydrogen-bond acceptors (Lipinski definition) is 2. The minimum Gasteiger partial charge on any atom is -0.479 e. The third-order valence-corrected chi connectivity index (χ3v) is 1.66. The molecule has 0 amide bonds. The standard InChI is InChI=1S/C7H16NOS/c1-8(2)7(9-3)6-10(4)5/h6H,1-5H3/q+1/b7-6-. The molecule has 2 nitrogen and oxygen atoms in total. The third kappa shape index (κ3) is 3.67. The fourth-order valence-corrected chi connectivity index (χ4v) is 1.25. The Bertz CT molecular complexity index is 121. The molecule has 3 heteroatoms. The molecule has 0 aliphatic rings. The van der Waals surface area contributed by atoms with Gasteiger partial charge in [-0.25, -0.2) is 0 Å². The Kier molecular flexibility index (Phi) is 4.36. The van der Waals surface area contributed by atoms with Crippen LogP contribution in [0.5, 0.6) is 0 Å². The molecule has 0 spiro atoms. The van der Waals surface area contributed by atoms with Gasteiger partial charge in [-0.2, -0.15) is 0 Å². The van der Waals surface area contributed by atoms with E-state index in [1.54, 1.807) is 7.11 Å². The molecular formula is C7H16NOS+.